The lowest BCUT2D eigenvalue weighted by Gasteiger charge is -2.03. The zero-order valence-electron chi connectivity index (χ0n) is 8.85. The van der Waals surface area contributed by atoms with Crippen LogP contribution >= 0.6 is 0 Å². The fourth-order valence-corrected chi connectivity index (χ4v) is 1.36. The first-order valence-electron chi connectivity index (χ1n) is 4.91. The number of hydrogen-bond donors (Lipinski definition) is 1. The van der Waals surface area contributed by atoms with E-state index < -0.39 is 4.92 Å². The van der Waals surface area contributed by atoms with Crippen molar-refractivity contribution in [1.82, 2.24) is 19.5 Å². The Kier molecular flexibility index (Phi) is 3.06. The maximum absolute atomic E-state index is 10.5. The minimum absolute atomic E-state index is 0.144. The van der Waals surface area contributed by atoms with Crippen LogP contribution in [0.5, 0.6) is 0 Å². The SMILES string of the molecule is NCCc1nccn1-c1ncc([N+](=O)[O-])cn1. The molecule has 88 valence electrons. The molecular weight excluding hydrogens is 224 g/mol. The number of imidazole rings is 1. The highest BCUT2D eigenvalue weighted by Crippen LogP contribution is 2.10. The Morgan fingerprint density at radius 3 is 2.65 bits per heavy atom. The molecule has 0 aromatic carbocycles. The van der Waals surface area contributed by atoms with Crippen LogP contribution in [0.1, 0.15) is 5.82 Å². The predicted molar refractivity (Wildman–Crippen MR) is 58.6 cm³/mol. The van der Waals surface area contributed by atoms with Gasteiger partial charge in [0.25, 0.3) is 0 Å². The lowest BCUT2D eigenvalue weighted by Crippen LogP contribution is -2.10. The molecule has 2 N–H and O–H groups in total. The molecule has 0 saturated carbocycles. The highest BCUT2D eigenvalue weighted by molar-refractivity contribution is 5.25. The van der Waals surface area contributed by atoms with Crippen molar-refractivity contribution >= 4 is 5.69 Å². The van der Waals surface area contributed by atoms with Crippen LogP contribution in [-0.4, -0.2) is 31.0 Å². The third kappa shape index (κ3) is 2.26. The molecular formula is C9H10N6O2. The van der Waals surface area contributed by atoms with E-state index in [0.29, 0.717) is 18.9 Å². The van der Waals surface area contributed by atoms with Crippen molar-refractivity contribution < 1.29 is 4.92 Å². The van der Waals surface area contributed by atoms with Crippen LogP contribution in [0.3, 0.4) is 0 Å². The number of aromatic nitrogens is 4. The molecule has 2 rings (SSSR count). The van der Waals surface area contributed by atoms with Gasteiger partial charge in [-0.1, -0.05) is 0 Å². The zero-order valence-corrected chi connectivity index (χ0v) is 8.85. The van der Waals surface area contributed by atoms with Crippen molar-refractivity contribution in [3.63, 3.8) is 0 Å². The van der Waals surface area contributed by atoms with Gasteiger partial charge < -0.3 is 5.73 Å². The van der Waals surface area contributed by atoms with E-state index >= 15 is 0 Å². The Balaban J connectivity index is 2.33. The Hall–Kier alpha value is -2.35. The van der Waals surface area contributed by atoms with Crippen LogP contribution in [0, 0.1) is 10.1 Å². The molecule has 0 unspecified atom stereocenters. The minimum Gasteiger partial charge on any atom is -0.330 e. The van der Waals surface area contributed by atoms with E-state index in [1.807, 2.05) is 0 Å². The van der Waals surface area contributed by atoms with E-state index in [-0.39, 0.29) is 5.69 Å². The molecule has 0 spiro atoms. The number of hydrogen-bond acceptors (Lipinski definition) is 6. The number of nitro groups is 1. The summed E-state index contributed by atoms with van der Waals surface area (Å²) in [5.41, 5.74) is 5.30. The lowest BCUT2D eigenvalue weighted by atomic mass is 10.4. The van der Waals surface area contributed by atoms with Gasteiger partial charge >= 0.3 is 5.69 Å². The predicted octanol–water partition coefficient (Wildman–Crippen LogP) is 0.0717. The summed E-state index contributed by atoms with van der Waals surface area (Å²) in [5.74, 6) is 1.07. The summed E-state index contributed by atoms with van der Waals surface area (Å²) >= 11 is 0. The summed E-state index contributed by atoms with van der Waals surface area (Å²) in [6, 6.07) is 0. The van der Waals surface area contributed by atoms with Crippen molar-refractivity contribution in [2.45, 2.75) is 6.42 Å². The quantitative estimate of drug-likeness (QED) is 0.591. The summed E-state index contributed by atoms with van der Waals surface area (Å²) in [4.78, 5) is 21.9. The molecule has 0 amide bonds. The molecule has 2 aromatic rings. The monoisotopic (exact) mass is 234 g/mol. The first-order chi connectivity index (χ1) is 8.22. The van der Waals surface area contributed by atoms with Gasteiger partial charge in [-0.15, -0.1) is 0 Å². The van der Waals surface area contributed by atoms with Gasteiger partial charge in [-0.25, -0.2) is 15.0 Å². The molecule has 0 aliphatic carbocycles. The highest BCUT2D eigenvalue weighted by Gasteiger charge is 2.10. The van der Waals surface area contributed by atoms with Gasteiger partial charge in [0.2, 0.25) is 5.95 Å². The van der Waals surface area contributed by atoms with Crippen LogP contribution in [0.4, 0.5) is 5.69 Å². The average Bonchev–Trinajstić information content (AvgIpc) is 2.78. The Bertz CT molecular complexity index is 521. The number of rotatable bonds is 4. The smallest absolute Gasteiger partial charge is 0.305 e. The topological polar surface area (TPSA) is 113 Å². The molecule has 0 fully saturated rings. The van der Waals surface area contributed by atoms with Gasteiger partial charge in [0, 0.05) is 18.8 Å². The Morgan fingerprint density at radius 2 is 2.06 bits per heavy atom. The van der Waals surface area contributed by atoms with Crippen LogP contribution in [0.2, 0.25) is 0 Å². The van der Waals surface area contributed by atoms with Crippen molar-refractivity contribution in [2.75, 3.05) is 6.54 Å². The normalized spacial score (nSPS) is 10.4. The number of nitrogens with two attached hydrogens (primary N) is 1. The molecule has 0 aliphatic heterocycles. The van der Waals surface area contributed by atoms with E-state index in [1.54, 1.807) is 17.0 Å². The second-order valence-electron chi connectivity index (χ2n) is 3.25. The maximum Gasteiger partial charge on any atom is 0.305 e. The third-order valence-corrected chi connectivity index (χ3v) is 2.14. The Morgan fingerprint density at radius 1 is 1.35 bits per heavy atom. The van der Waals surface area contributed by atoms with E-state index in [0.717, 1.165) is 18.2 Å². The van der Waals surface area contributed by atoms with E-state index in [4.69, 9.17) is 5.73 Å². The van der Waals surface area contributed by atoms with Gasteiger partial charge in [0.1, 0.15) is 18.2 Å². The van der Waals surface area contributed by atoms with Gasteiger partial charge in [0.05, 0.1) is 4.92 Å². The van der Waals surface area contributed by atoms with E-state index in [9.17, 15) is 10.1 Å². The Labute approximate surface area is 96.3 Å². The van der Waals surface area contributed by atoms with E-state index in [1.165, 1.54) is 0 Å². The second-order valence-corrected chi connectivity index (χ2v) is 3.25. The summed E-state index contributed by atoms with van der Waals surface area (Å²) < 4.78 is 1.65. The number of nitrogens with zero attached hydrogens (tertiary/aromatic N) is 5. The summed E-state index contributed by atoms with van der Waals surface area (Å²) in [5, 5.41) is 10.5. The van der Waals surface area contributed by atoms with Crippen molar-refractivity contribution in [3.05, 3.63) is 40.7 Å². The molecule has 0 saturated heterocycles. The molecule has 2 heterocycles. The lowest BCUT2D eigenvalue weighted by molar-refractivity contribution is -0.385. The van der Waals surface area contributed by atoms with Crippen LogP contribution < -0.4 is 5.73 Å². The maximum atomic E-state index is 10.5. The fourth-order valence-electron chi connectivity index (χ4n) is 1.36. The zero-order chi connectivity index (χ0) is 12.3. The molecule has 0 radical (unpaired) electrons. The molecule has 8 heteroatoms. The van der Waals surface area contributed by atoms with Crippen LogP contribution in [0.25, 0.3) is 5.95 Å². The van der Waals surface area contributed by atoms with Gasteiger partial charge in [0.15, 0.2) is 0 Å². The van der Waals surface area contributed by atoms with Crippen LogP contribution in [0.15, 0.2) is 24.8 Å². The highest BCUT2D eigenvalue weighted by atomic mass is 16.6. The molecule has 8 nitrogen and oxygen atoms in total. The van der Waals surface area contributed by atoms with E-state index in [2.05, 4.69) is 15.0 Å². The van der Waals surface area contributed by atoms with Gasteiger partial charge in [-0.05, 0) is 6.54 Å². The molecule has 0 atom stereocenters. The first kappa shape index (κ1) is 11.1. The fraction of sp³-hybridized carbons (Fsp3) is 0.222. The van der Waals surface area contributed by atoms with Crippen molar-refractivity contribution in [3.8, 4) is 5.95 Å². The molecule has 2 aromatic heterocycles. The van der Waals surface area contributed by atoms with Crippen LogP contribution in [-0.2, 0) is 6.42 Å². The summed E-state index contributed by atoms with van der Waals surface area (Å²) in [7, 11) is 0. The summed E-state index contributed by atoms with van der Waals surface area (Å²) in [6.45, 7) is 0.462. The second kappa shape index (κ2) is 4.66. The standard InChI is InChI=1S/C9H10N6O2/c10-2-1-8-11-3-4-14(8)9-12-5-7(6-13-9)15(16)17/h3-6H,1-2,10H2. The van der Waals surface area contributed by atoms with Crippen molar-refractivity contribution in [2.24, 2.45) is 5.73 Å². The first-order valence-corrected chi connectivity index (χ1v) is 4.91. The van der Waals surface area contributed by atoms with Gasteiger partial charge in [-0.3, -0.25) is 14.7 Å². The third-order valence-electron chi connectivity index (χ3n) is 2.14. The molecule has 17 heavy (non-hydrogen) atoms. The average molecular weight is 234 g/mol. The van der Waals surface area contributed by atoms with Gasteiger partial charge in [-0.2, -0.15) is 0 Å². The molecule has 0 aliphatic rings. The summed E-state index contributed by atoms with van der Waals surface area (Å²) in [6.07, 6.45) is 6.21. The minimum atomic E-state index is -0.543. The molecule has 0 bridgehead atoms. The van der Waals surface area contributed by atoms with Crippen molar-refractivity contribution in [1.29, 1.82) is 0 Å². The largest absolute Gasteiger partial charge is 0.330 e.